The van der Waals surface area contributed by atoms with Crippen LogP contribution in [-0.4, -0.2) is 12.4 Å². The van der Waals surface area contributed by atoms with Gasteiger partial charge in [0.1, 0.15) is 0 Å². The van der Waals surface area contributed by atoms with Crippen LogP contribution in [0.15, 0.2) is 156 Å². The van der Waals surface area contributed by atoms with Crippen LogP contribution in [0.3, 0.4) is 0 Å². The first kappa shape index (κ1) is 38.2. The fourth-order valence-corrected chi connectivity index (χ4v) is 6.65. The van der Waals surface area contributed by atoms with Crippen LogP contribution >= 0.6 is 0 Å². The van der Waals surface area contributed by atoms with Gasteiger partial charge in [-0.3, -0.25) is 9.98 Å². The first-order valence-electron chi connectivity index (χ1n) is 17.4. The summed E-state index contributed by atoms with van der Waals surface area (Å²) in [5.41, 5.74) is 7.13. The summed E-state index contributed by atoms with van der Waals surface area (Å²) < 4.78 is 0. The van der Waals surface area contributed by atoms with Gasteiger partial charge in [0, 0.05) is 12.4 Å². The molecule has 0 amide bonds. The van der Waals surface area contributed by atoms with Crippen LogP contribution in [-0.2, 0) is 36.7 Å². The van der Waals surface area contributed by atoms with E-state index in [9.17, 15) is 10.2 Å². The molecule has 0 aliphatic heterocycles. The molecule has 6 aromatic rings. The molecule has 0 N–H and O–H groups in total. The van der Waals surface area contributed by atoms with E-state index in [1.54, 1.807) is 18.5 Å². The van der Waals surface area contributed by atoms with Crippen molar-refractivity contribution < 1.29 is 30.6 Å². The summed E-state index contributed by atoms with van der Waals surface area (Å²) in [4.78, 5) is 9.59. The van der Waals surface area contributed by atoms with Crippen LogP contribution in [0.1, 0.15) is 86.1 Å². The van der Waals surface area contributed by atoms with Crippen molar-refractivity contribution in [3.63, 3.8) is 0 Å². The van der Waals surface area contributed by atoms with E-state index in [0.717, 1.165) is 33.4 Å². The number of hydrogen-bond donors (Lipinski definition) is 0. The Labute approximate surface area is 322 Å². The fourth-order valence-electron chi connectivity index (χ4n) is 6.65. The van der Waals surface area contributed by atoms with Gasteiger partial charge >= 0.3 is 20.4 Å². The third-order valence-electron chi connectivity index (χ3n) is 9.42. The molecule has 6 rings (SSSR count). The van der Waals surface area contributed by atoms with Crippen LogP contribution < -0.4 is 10.2 Å². The Bertz CT molecular complexity index is 2080. The molecule has 0 atom stereocenters. The van der Waals surface area contributed by atoms with E-state index in [0.29, 0.717) is 22.5 Å². The standard InChI is InChI=1S/C47H46N2O2.Pd/c1-45(2,3)39-29-34(44(51)40(30-39)46(4,5)6)32-49-42-25-17-16-24-41(42)48-31-33-28-38(26-27-43(33)50)47(35-18-10-7-11-19-35,36-20-12-8-13-21-36)37-22-14-9-15-23-37;/h7-32,50-51H,1-6H3;/q;+2/p-2. The number of hydrogen-bond acceptors (Lipinski definition) is 4. The molecule has 0 radical (unpaired) electrons. The van der Waals surface area contributed by atoms with Gasteiger partial charge in [-0.25, -0.2) is 0 Å². The molecule has 0 saturated heterocycles. The van der Waals surface area contributed by atoms with Gasteiger partial charge in [0.25, 0.3) is 0 Å². The van der Waals surface area contributed by atoms with Gasteiger partial charge in [0.2, 0.25) is 0 Å². The zero-order valence-electron chi connectivity index (χ0n) is 30.5. The number of nitrogens with zero attached hydrogens (tertiary/aromatic N) is 2. The molecule has 0 aromatic heterocycles. The van der Waals surface area contributed by atoms with Gasteiger partial charge in [-0.15, -0.1) is 5.75 Å². The maximum Gasteiger partial charge on any atom is 2.00 e. The van der Waals surface area contributed by atoms with E-state index in [4.69, 9.17) is 9.98 Å². The summed E-state index contributed by atoms with van der Waals surface area (Å²) in [6.45, 7) is 12.6. The van der Waals surface area contributed by atoms with Gasteiger partial charge < -0.3 is 10.2 Å². The molecule has 264 valence electrons. The maximum absolute atomic E-state index is 13.6. The van der Waals surface area contributed by atoms with Gasteiger partial charge in [-0.05, 0) is 73.5 Å². The molecule has 0 saturated carbocycles. The summed E-state index contributed by atoms with van der Waals surface area (Å²) in [6, 6.07) is 48.2. The van der Waals surface area contributed by atoms with E-state index < -0.39 is 5.41 Å². The Kier molecular flexibility index (Phi) is 11.5. The van der Waals surface area contributed by atoms with E-state index >= 15 is 0 Å². The summed E-state index contributed by atoms with van der Waals surface area (Å²) in [6.07, 6.45) is 3.28. The third kappa shape index (κ3) is 7.87. The summed E-state index contributed by atoms with van der Waals surface area (Å²) in [5.74, 6) is -0.150. The Morgan fingerprint density at radius 3 is 1.31 bits per heavy atom. The molecule has 6 aromatic carbocycles. The largest absolute Gasteiger partial charge is 2.00 e. The molecule has 52 heavy (non-hydrogen) atoms. The van der Waals surface area contributed by atoms with Crippen LogP contribution in [0, 0.1) is 0 Å². The summed E-state index contributed by atoms with van der Waals surface area (Å²) in [7, 11) is 0. The monoisotopic (exact) mass is 774 g/mol. The number of para-hydroxylation sites is 2. The van der Waals surface area contributed by atoms with E-state index in [1.807, 2.05) is 66.7 Å². The maximum atomic E-state index is 13.6. The van der Waals surface area contributed by atoms with Crippen molar-refractivity contribution in [2.75, 3.05) is 0 Å². The molecular formula is C47H44N2O2Pd. The van der Waals surface area contributed by atoms with Crippen molar-refractivity contribution in [2.45, 2.75) is 57.8 Å². The van der Waals surface area contributed by atoms with Crippen LogP contribution in [0.5, 0.6) is 11.5 Å². The minimum atomic E-state index is -0.689. The average Bonchev–Trinajstić information content (AvgIpc) is 3.12. The molecule has 0 unspecified atom stereocenters. The summed E-state index contributed by atoms with van der Waals surface area (Å²) >= 11 is 0. The predicted molar refractivity (Wildman–Crippen MR) is 208 cm³/mol. The first-order valence-corrected chi connectivity index (χ1v) is 17.4. The second-order valence-electron chi connectivity index (χ2n) is 15.0. The molecule has 4 nitrogen and oxygen atoms in total. The van der Waals surface area contributed by atoms with Crippen molar-refractivity contribution in [1.82, 2.24) is 0 Å². The van der Waals surface area contributed by atoms with Gasteiger partial charge in [0.05, 0.1) is 16.8 Å². The Morgan fingerprint density at radius 1 is 0.442 bits per heavy atom. The van der Waals surface area contributed by atoms with Crippen molar-refractivity contribution in [2.24, 2.45) is 9.98 Å². The minimum Gasteiger partial charge on any atom is -0.872 e. The van der Waals surface area contributed by atoms with Crippen molar-refractivity contribution in [3.05, 3.63) is 190 Å². The zero-order valence-corrected chi connectivity index (χ0v) is 32.1. The van der Waals surface area contributed by atoms with Crippen LogP contribution in [0.2, 0.25) is 0 Å². The molecule has 0 spiro atoms. The van der Waals surface area contributed by atoms with Crippen LogP contribution in [0.25, 0.3) is 0 Å². The number of rotatable bonds is 8. The molecule has 0 aliphatic rings. The minimum absolute atomic E-state index is 0. The molecule has 0 fully saturated rings. The zero-order chi connectivity index (χ0) is 36.2. The number of aliphatic imine (C=N–C) groups is 2. The quantitative estimate of drug-likeness (QED) is 0.0878. The molecule has 5 heteroatoms. The Hall–Kier alpha value is -5.08. The fraction of sp³-hybridized carbons (Fsp3) is 0.191. The molecule has 0 bridgehead atoms. The van der Waals surface area contributed by atoms with E-state index in [2.05, 4.69) is 114 Å². The van der Waals surface area contributed by atoms with Gasteiger partial charge in [0.15, 0.2) is 0 Å². The number of benzene rings is 6. The van der Waals surface area contributed by atoms with Crippen molar-refractivity contribution in [3.8, 4) is 11.5 Å². The molecule has 0 aliphatic carbocycles. The van der Waals surface area contributed by atoms with Crippen molar-refractivity contribution in [1.29, 1.82) is 0 Å². The second-order valence-corrected chi connectivity index (χ2v) is 15.0. The topological polar surface area (TPSA) is 70.8 Å². The van der Waals surface area contributed by atoms with E-state index in [1.165, 1.54) is 0 Å². The normalized spacial score (nSPS) is 12.3. The Balaban J connectivity index is 0.00000523. The molecular weight excluding hydrogens is 731 g/mol. The third-order valence-corrected chi connectivity index (χ3v) is 9.42. The smallest absolute Gasteiger partial charge is 0.872 e. The second kappa shape index (κ2) is 15.7. The predicted octanol–water partition coefficient (Wildman–Crippen LogP) is 10.3. The molecule has 0 heterocycles. The summed E-state index contributed by atoms with van der Waals surface area (Å²) in [5, 5.41) is 27.0. The van der Waals surface area contributed by atoms with Gasteiger partial charge in [-0.1, -0.05) is 175 Å². The average molecular weight is 775 g/mol. The van der Waals surface area contributed by atoms with Crippen molar-refractivity contribution >= 4 is 23.8 Å². The first-order chi connectivity index (χ1) is 24.4. The Morgan fingerprint density at radius 2 is 0.865 bits per heavy atom. The van der Waals surface area contributed by atoms with Crippen LogP contribution in [0.4, 0.5) is 11.4 Å². The van der Waals surface area contributed by atoms with E-state index in [-0.39, 0.29) is 42.8 Å². The van der Waals surface area contributed by atoms with Gasteiger partial charge in [-0.2, -0.15) is 0 Å². The SMILES string of the molecule is CC(C)(C)c1cc(C=Nc2ccccc2N=Cc2cc(C(c3ccccc3)(c3ccccc3)c3ccccc3)ccc2[O-])c([O-])c(C(C)(C)C)c1.[Pd+2].